The molecule has 13 heteroatoms. The number of benzene rings is 1. The normalized spacial score (nSPS) is 17.0. The van der Waals surface area contributed by atoms with E-state index in [0.29, 0.717) is 72.9 Å². The third kappa shape index (κ3) is 5.72. The third-order valence-corrected chi connectivity index (χ3v) is 8.53. The predicted octanol–water partition coefficient (Wildman–Crippen LogP) is 6.94. The molecule has 5 rings (SSSR count). The summed E-state index contributed by atoms with van der Waals surface area (Å²) in [5.74, 6) is -0.624. The van der Waals surface area contributed by atoms with Crippen LogP contribution < -0.4 is 21.6 Å². The molecule has 0 radical (unpaired) electrons. The molecule has 8 nitrogen and oxygen atoms in total. The molecule has 3 aromatic rings. The van der Waals surface area contributed by atoms with Crippen molar-refractivity contribution >= 4 is 56.5 Å². The van der Waals surface area contributed by atoms with Gasteiger partial charge in [-0.1, -0.05) is 38.4 Å². The molecule has 0 saturated heterocycles. The molecule has 1 fully saturated rings. The minimum Gasteiger partial charge on any atom is -0.383 e. The number of nitriles is 1. The van der Waals surface area contributed by atoms with E-state index < -0.39 is 24.0 Å². The number of rotatable bonds is 8. The van der Waals surface area contributed by atoms with Crippen LogP contribution in [-0.4, -0.2) is 33.5 Å². The van der Waals surface area contributed by atoms with Crippen molar-refractivity contribution < 1.29 is 13.2 Å². The lowest BCUT2D eigenvalue weighted by atomic mass is 9.96. The van der Waals surface area contributed by atoms with Gasteiger partial charge in [-0.2, -0.15) is 9.65 Å². The van der Waals surface area contributed by atoms with Gasteiger partial charge < -0.3 is 16.1 Å². The predicted molar refractivity (Wildman–Crippen MR) is 162 cm³/mol. The van der Waals surface area contributed by atoms with E-state index in [2.05, 4.69) is 58.4 Å². The van der Waals surface area contributed by atoms with E-state index in [1.165, 1.54) is 17.3 Å². The van der Waals surface area contributed by atoms with Crippen LogP contribution in [0.1, 0.15) is 56.5 Å². The average Bonchev–Trinajstić information content (AvgIpc) is 3.62. The number of halogens is 5. The molecule has 1 aliphatic heterocycles. The number of pyridine rings is 2. The molecule has 216 valence electrons. The molecule has 0 amide bonds. The van der Waals surface area contributed by atoms with Gasteiger partial charge in [0.25, 0.3) is 6.43 Å². The maximum atomic E-state index is 14.0. The van der Waals surface area contributed by atoms with E-state index in [1.54, 1.807) is 19.1 Å². The fraction of sp³-hybridized carbons (Fsp3) is 0.393. The number of anilines is 2. The molecule has 41 heavy (non-hydrogen) atoms. The molecular weight excluding hydrogens is 668 g/mol. The number of hydrogen-bond acceptors (Lipinski definition) is 8. The highest BCUT2D eigenvalue weighted by Crippen LogP contribution is 2.50. The quantitative estimate of drug-likeness (QED) is 0.114. The lowest BCUT2D eigenvalue weighted by molar-refractivity contribution is 0.00808. The Morgan fingerprint density at radius 2 is 2.00 bits per heavy atom. The van der Waals surface area contributed by atoms with Gasteiger partial charge >= 0.3 is 0 Å². The van der Waals surface area contributed by atoms with Crippen molar-refractivity contribution in [2.45, 2.75) is 58.5 Å². The molecule has 3 heterocycles. The Kier molecular flexibility index (Phi) is 7.90. The average molecular weight is 697 g/mol. The van der Waals surface area contributed by atoms with Crippen LogP contribution in [0.3, 0.4) is 0 Å². The van der Waals surface area contributed by atoms with E-state index in [0.717, 1.165) is 0 Å². The monoisotopic (exact) mass is 696 g/mol. The van der Waals surface area contributed by atoms with E-state index in [4.69, 9.17) is 11.6 Å². The first-order valence-electron chi connectivity index (χ1n) is 13.0. The minimum absolute atomic E-state index is 0.0620. The highest BCUT2D eigenvalue weighted by atomic mass is 127. The van der Waals surface area contributed by atoms with Gasteiger partial charge in [0.2, 0.25) is 5.95 Å². The Bertz CT molecular complexity index is 1580. The number of aryl methyl sites for hydroxylation is 1. The Balaban J connectivity index is 1.61. The fourth-order valence-corrected chi connectivity index (χ4v) is 6.11. The summed E-state index contributed by atoms with van der Waals surface area (Å²) in [5.41, 5.74) is 8.36. The van der Waals surface area contributed by atoms with Gasteiger partial charge in [0.1, 0.15) is 15.3 Å². The summed E-state index contributed by atoms with van der Waals surface area (Å²) >= 11 is 8.75. The number of hydrazine groups is 2. The molecule has 1 atom stereocenters. The van der Waals surface area contributed by atoms with Gasteiger partial charge in [-0.15, -0.1) is 5.53 Å². The van der Waals surface area contributed by atoms with E-state index in [-0.39, 0.29) is 5.41 Å². The number of nitrogens with one attached hydrogen (secondary N) is 4. The first kappa shape index (κ1) is 29.5. The summed E-state index contributed by atoms with van der Waals surface area (Å²) in [4.78, 5) is 8.42. The number of fused-ring (bicyclic) bond motifs is 1. The second-order valence-corrected chi connectivity index (χ2v) is 12.9. The number of alkyl halides is 2. The van der Waals surface area contributed by atoms with Crippen LogP contribution in [0.5, 0.6) is 0 Å². The lowest BCUT2D eigenvalue weighted by Gasteiger charge is -2.28. The van der Waals surface area contributed by atoms with Crippen LogP contribution >= 0.6 is 34.2 Å². The second-order valence-electron chi connectivity index (χ2n) is 11.5. The van der Waals surface area contributed by atoms with Crippen molar-refractivity contribution in [2.24, 2.45) is 5.41 Å². The van der Waals surface area contributed by atoms with Crippen LogP contribution in [0.2, 0.25) is 5.02 Å². The zero-order chi connectivity index (χ0) is 29.7. The summed E-state index contributed by atoms with van der Waals surface area (Å²) < 4.78 is 42.5. The largest absolute Gasteiger partial charge is 0.383 e. The molecule has 1 saturated carbocycles. The highest BCUT2D eigenvalue weighted by Gasteiger charge is 2.58. The summed E-state index contributed by atoms with van der Waals surface area (Å²) in [6.07, 6.45) is -0.336. The summed E-state index contributed by atoms with van der Waals surface area (Å²) in [6.45, 7) is 8.54. The molecule has 1 aliphatic carbocycles. The topological polar surface area (TPSA) is 101 Å². The summed E-state index contributed by atoms with van der Waals surface area (Å²) in [6, 6.07) is 7.99. The van der Waals surface area contributed by atoms with Gasteiger partial charge in [0, 0.05) is 35.1 Å². The zero-order valence-corrected chi connectivity index (χ0v) is 25.8. The van der Waals surface area contributed by atoms with Crippen molar-refractivity contribution in [2.75, 3.05) is 17.2 Å². The fourth-order valence-electron chi connectivity index (χ4n) is 4.79. The first-order chi connectivity index (χ1) is 19.3. The Labute approximate surface area is 254 Å². The van der Waals surface area contributed by atoms with Gasteiger partial charge in [-0.25, -0.2) is 13.8 Å². The van der Waals surface area contributed by atoms with Crippen molar-refractivity contribution in [1.29, 1.82) is 5.26 Å². The molecule has 2 aromatic heterocycles. The van der Waals surface area contributed by atoms with Gasteiger partial charge in [-0.05, 0) is 66.0 Å². The van der Waals surface area contributed by atoms with Crippen molar-refractivity contribution in [3.05, 3.63) is 67.7 Å². The van der Waals surface area contributed by atoms with Crippen molar-refractivity contribution in [3.63, 3.8) is 0 Å². The van der Waals surface area contributed by atoms with Gasteiger partial charge in [-0.3, -0.25) is 9.99 Å². The molecule has 1 aromatic carbocycles. The van der Waals surface area contributed by atoms with Crippen LogP contribution in [0.4, 0.5) is 24.5 Å². The van der Waals surface area contributed by atoms with Crippen LogP contribution in [0.25, 0.3) is 10.9 Å². The molecular formula is C28H29ClF3IN8. The Morgan fingerprint density at radius 1 is 1.27 bits per heavy atom. The van der Waals surface area contributed by atoms with E-state index in [1.807, 2.05) is 28.7 Å². The lowest BCUT2D eigenvalue weighted by Crippen LogP contribution is -2.49. The van der Waals surface area contributed by atoms with Crippen molar-refractivity contribution in [3.8, 4) is 6.07 Å². The summed E-state index contributed by atoms with van der Waals surface area (Å²) in [7, 11) is 0. The van der Waals surface area contributed by atoms with Crippen LogP contribution in [-0.2, 0) is 0 Å². The zero-order valence-electron chi connectivity index (χ0n) is 22.8. The van der Waals surface area contributed by atoms with E-state index in [9.17, 15) is 18.4 Å². The molecule has 0 bridgehead atoms. The standard InChI is InChI=1S/C28H29ClF3IN8/c1-14-17(5-6-20(30)37-14)23(24-25(33)41(40-39-24)28(7-8-28)26(31)32)38-16-9-18-21(36-13-27(2,3)4)15(11-34)12-35-22(18)19(29)10-16/h5-6,9-10,12,23,26,38-40H,7-8,13H2,1-4H3,(H,35,36)/t23-/m0/s1. The number of nitrogens with zero attached hydrogens (tertiary/aromatic N) is 4. The second kappa shape index (κ2) is 11.0. The van der Waals surface area contributed by atoms with Crippen LogP contribution in [0, 0.1) is 29.6 Å². The molecule has 4 N–H and O–H groups in total. The van der Waals surface area contributed by atoms with Crippen molar-refractivity contribution in [1.82, 2.24) is 25.9 Å². The minimum atomic E-state index is -2.54. The Hall–Kier alpha value is -3.02. The Morgan fingerprint density at radius 3 is 2.61 bits per heavy atom. The smallest absolute Gasteiger partial charge is 0.262 e. The molecule has 2 aliphatic rings. The summed E-state index contributed by atoms with van der Waals surface area (Å²) in [5, 5.41) is 19.1. The number of aromatic nitrogens is 2. The maximum absolute atomic E-state index is 14.0. The maximum Gasteiger partial charge on any atom is 0.262 e. The SMILES string of the molecule is Cc1nc(F)ccc1[C@H](Nc1cc(Cl)c2ncc(C#N)c(NCC(C)(C)C)c2c1)C1=C(I)N(C2(C(F)F)CC2)NN1. The first-order valence-corrected chi connectivity index (χ1v) is 14.5. The van der Waals surface area contributed by atoms with Gasteiger partial charge in [0.15, 0.2) is 0 Å². The molecule has 0 unspecified atom stereocenters. The van der Waals surface area contributed by atoms with Gasteiger partial charge in [0.05, 0.1) is 33.5 Å². The molecule has 0 spiro atoms. The highest BCUT2D eigenvalue weighted by molar-refractivity contribution is 14.1. The third-order valence-electron chi connectivity index (χ3n) is 7.18. The van der Waals surface area contributed by atoms with Crippen LogP contribution in [0.15, 0.2) is 39.9 Å². The number of hydrogen-bond donors (Lipinski definition) is 4. The van der Waals surface area contributed by atoms with E-state index >= 15 is 0 Å².